The maximum atomic E-state index is 9.53. The van der Waals surface area contributed by atoms with Gasteiger partial charge in [-0.05, 0) is 32.1 Å². The van der Waals surface area contributed by atoms with E-state index in [-0.39, 0.29) is 6.10 Å². The van der Waals surface area contributed by atoms with Gasteiger partial charge in [0.2, 0.25) is 0 Å². The SMILES string of the molecule is O[C@H]1/C=C\C[C@@H]2O[C@@H]2CC/C=C\CC1. The molecule has 0 unspecified atom stereocenters. The molecule has 0 aromatic heterocycles. The first-order valence-corrected chi connectivity index (χ1v) is 5.51. The summed E-state index contributed by atoms with van der Waals surface area (Å²) in [4.78, 5) is 0. The van der Waals surface area contributed by atoms with Gasteiger partial charge in [-0.15, -0.1) is 0 Å². The van der Waals surface area contributed by atoms with E-state index < -0.39 is 0 Å². The summed E-state index contributed by atoms with van der Waals surface area (Å²) in [5.41, 5.74) is 0. The van der Waals surface area contributed by atoms with Gasteiger partial charge in [0, 0.05) is 0 Å². The summed E-state index contributed by atoms with van der Waals surface area (Å²) in [6.45, 7) is 0. The largest absolute Gasteiger partial charge is 0.389 e. The van der Waals surface area contributed by atoms with E-state index >= 15 is 0 Å². The first-order chi connectivity index (χ1) is 6.86. The van der Waals surface area contributed by atoms with Crippen LogP contribution in [0.4, 0.5) is 0 Å². The summed E-state index contributed by atoms with van der Waals surface area (Å²) in [5, 5.41) is 9.53. The van der Waals surface area contributed by atoms with Crippen LogP contribution in [0.2, 0.25) is 0 Å². The van der Waals surface area contributed by atoms with Crippen LogP contribution in [0.15, 0.2) is 24.3 Å². The number of hydrogen-bond donors (Lipinski definition) is 1. The Bertz CT molecular complexity index is 232. The third-order valence-corrected chi connectivity index (χ3v) is 2.83. The molecule has 0 aromatic carbocycles. The van der Waals surface area contributed by atoms with Crippen LogP contribution in [0.3, 0.4) is 0 Å². The van der Waals surface area contributed by atoms with Crippen molar-refractivity contribution in [1.29, 1.82) is 0 Å². The highest BCUT2D eigenvalue weighted by molar-refractivity contribution is 4.99. The average Bonchev–Trinajstić information content (AvgIpc) is 2.88. The van der Waals surface area contributed by atoms with Gasteiger partial charge in [0.05, 0.1) is 18.3 Å². The molecule has 1 fully saturated rings. The molecule has 14 heavy (non-hydrogen) atoms. The van der Waals surface area contributed by atoms with Crippen LogP contribution < -0.4 is 0 Å². The molecule has 1 saturated heterocycles. The summed E-state index contributed by atoms with van der Waals surface area (Å²) in [6, 6.07) is 0. The Morgan fingerprint density at radius 3 is 2.64 bits per heavy atom. The van der Waals surface area contributed by atoms with Gasteiger partial charge < -0.3 is 9.84 Å². The van der Waals surface area contributed by atoms with Crippen molar-refractivity contribution in [2.75, 3.05) is 0 Å². The Kier molecular flexibility index (Phi) is 3.38. The van der Waals surface area contributed by atoms with E-state index in [2.05, 4.69) is 18.2 Å². The third-order valence-electron chi connectivity index (χ3n) is 2.83. The molecule has 1 aliphatic heterocycles. The Labute approximate surface area is 85.3 Å². The molecule has 2 aliphatic rings. The fourth-order valence-electron chi connectivity index (χ4n) is 1.87. The molecule has 0 amide bonds. The minimum absolute atomic E-state index is 0.281. The van der Waals surface area contributed by atoms with Crippen LogP contribution >= 0.6 is 0 Å². The first-order valence-electron chi connectivity index (χ1n) is 5.51. The smallest absolute Gasteiger partial charge is 0.0876 e. The maximum absolute atomic E-state index is 9.53. The van der Waals surface area contributed by atoms with E-state index in [4.69, 9.17) is 4.74 Å². The van der Waals surface area contributed by atoms with Gasteiger partial charge in [-0.25, -0.2) is 0 Å². The molecule has 78 valence electrons. The second-order valence-electron chi connectivity index (χ2n) is 4.07. The van der Waals surface area contributed by atoms with E-state index in [0.717, 1.165) is 32.1 Å². The molecule has 2 rings (SSSR count). The Morgan fingerprint density at radius 1 is 1.00 bits per heavy atom. The normalized spacial score (nSPS) is 42.8. The standard InChI is InChI=1S/C12H18O2/c13-10-6-3-1-2-4-8-11-12(14-11)9-5-7-10/h1-2,5,7,10-13H,3-4,6,8-9H2/b2-1-,7-5-/t10-,11-,12+/m1/s1. The van der Waals surface area contributed by atoms with Gasteiger partial charge in [-0.2, -0.15) is 0 Å². The lowest BCUT2D eigenvalue weighted by molar-refractivity contribution is 0.213. The summed E-state index contributed by atoms with van der Waals surface area (Å²) < 4.78 is 5.50. The van der Waals surface area contributed by atoms with Crippen LogP contribution in [-0.2, 0) is 4.74 Å². The third kappa shape index (κ3) is 2.96. The van der Waals surface area contributed by atoms with E-state index in [1.165, 1.54) is 0 Å². The molecular formula is C12H18O2. The zero-order valence-corrected chi connectivity index (χ0v) is 8.43. The van der Waals surface area contributed by atoms with Gasteiger partial charge in [0.1, 0.15) is 0 Å². The first kappa shape index (κ1) is 9.94. The minimum Gasteiger partial charge on any atom is -0.389 e. The fraction of sp³-hybridized carbons (Fsp3) is 0.667. The number of epoxide rings is 1. The monoisotopic (exact) mass is 194 g/mol. The van der Waals surface area contributed by atoms with Gasteiger partial charge >= 0.3 is 0 Å². The van der Waals surface area contributed by atoms with Gasteiger partial charge in [0.15, 0.2) is 0 Å². The topological polar surface area (TPSA) is 32.8 Å². The van der Waals surface area contributed by atoms with Crippen LogP contribution in [0.1, 0.15) is 32.1 Å². The van der Waals surface area contributed by atoms with E-state index in [0.29, 0.717) is 12.2 Å². The molecule has 0 spiro atoms. The number of rotatable bonds is 0. The van der Waals surface area contributed by atoms with Crippen LogP contribution in [-0.4, -0.2) is 23.4 Å². The number of ether oxygens (including phenoxy) is 1. The molecular weight excluding hydrogens is 176 g/mol. The predicted molar refractivity (Wildman–Crippen MR) is 56.0 cm³/mol. The quantitative estimate of drug-likeness (QED) is 0.473. The number of aliphatic hydroxyl groups excluding tert-OH is 1. The summed E-state index contributed by atoms with van der Waals surface area (Å²) >= 11 is 0. The number of allylic oxidation sites excluding steroid dienone is 2. The molecule has 0 aromatic rings. The summed E-state index contributed by atoms with van der Waals surface area (Å²) in [6.07, 6.45) is 14.0. The number of hydrogen-bond acceptors (Lipinski definition) is 2. The molecule has 1 aliphatic carbocycles. The molecule has 0 saturated carbocycles. The highest BCUT2D eigenvalue weighted by Gasteiger charge is 2.36. The fourth-order valence-corrected chi connectivity index (χ4v) is 1.87. The second-order valence-corrected chi connectivity index (χ2v) is 4.07. The second kappa shape index (κ2) is 4.76. The summed E-state index contributed by atoms with van der Waals surface area (Å²) in [5.74, 6) is 0. The molecule has 0 bridgehead atoms. The molecule has 1 heterocycles. The molecule has 2 heteroatoms. The van der Waals surface area contributed by atoms with Gasteiger partial charge in [0.25, 0.3) is 0 Å². The van der Waals surface area contributed by atoms with Crippen molar-refractivity contribution in [3.8, 4) is 0 Å². The lowest BCUT2D eigenvalue weighted by Gasteiger charge is -2.02. The van der Waals surface area contributed by atoms with Crippen molar-refractivity contribution < 1.29 is 9.84 Å². The Hall–Kier alpha value is -0.600. The van der Waals surface area contributed by atoms with Crippen molar-refractivity contribution >= 4 is 0 Å². The highest BCUT2D eigenvalue weighted by Crippen LogP contribution is 2.30. The zero-order valence-electron chi connectivity index (χ0n) is 8.43. The van der Waals surface area contributed by atoms with Crippen molar-refractivity contribution in [1.82, 2.24) is 0 Å². The number of aliphatic hydroxyl groups is 1. The molecule has 2 nitrogen and oxygen atoms in total. The minimum atomic E-state index is -0.281. The van der Waals surface area contributed by atoms with Crippen LogP contribution in [0.5, 0.6) is 0 Å². The van der Waals surface area contributed by atoms with Gasteiger partial charge in [-0.1, -0.05) is 24.3 Å². The average molecular weight is 194 g/mol. The van der Waals surface area contributed by atoms with E-state index in [9.17, 15) is 5.11 Å². The Balaban J connectivity index is 1.86. The van der Waals surface area contributed by atoms with E-state index in [1.807, 2.05) is 6.08 Å². The number of fused-ring (bicyclic) bond motifs is 1. The highest BCUT2D eigenvalue weighted by atomic mass is 16.6. The predicted octanol–water partition coefficient (Wildman–Crippen LogP) is 2.19. The molecule has 0 radical (unpaired) electrons. The van der Waals surface area contributed by atoms with E-state index in [1.54, 1.807) is 0 Å². The lowest BCUT2D eigenvalue weighted by Crippen LogP contribution is -2.01. The molecule has 3 atom stereocenters. The van der Waals surface area contributed by atoms with Crippen molar-refractivity contribution in [2.24, 2.45) is 0 Å². The lowest BCUT2D eigenvalue weighted by atomic mass is 10.1. The van der Waals surface area contributed by atoms with Crippen LogP contribution in [0, 0.1) is 0 Å². The zero-order chi connectivity index (χ0) is 9.80. The van der Waals surface area contributed by atoms with Crippen LogP contribution in [0.25, 0.3) is 0 Å². The van der Waals surface area contributed by atoms with Crippen molar-refractivity contribution in [2.45, 2.75) is 50.4 Å². The Morgan fingerprint density at radius 2 is 1.79 bits per heavy atom. The summed E-state index contributed by atoms with van der Waals surface area (Å²) in [7, 11) is 0. The molecule has 1 N–H and O–H groups in total. The maximum Gasteiger partial charge on any atom is 0.0876 e. The van der Waals surface area contributed by atoms with Crippen molar-refractivity contribution in [3.63, 3.8) is 0 Å². The van der Waals surface area contributed by atoms with Crippen molar-refractivity contribution in [3.05, 3.63) is 24.3 Å². The van der Waals surface area contributed by atoms with Gasteiger partial charge in [-0.3, -0.25) is 0 Å².